The highest BCUT2D eigenvalue weighted by Gasteiger charge is 2.30. The molecule has 3 aromatic rings. The van der Waals surface area contributed by atoms with E-state index in [9.17, 15) is 0 Å². The number of nitrogen functional groups attached to an aromatic ring is 1. The maximum atomic E-state index is 5.63. The largest absolute Gasteiger partial charge is 0.362 e. The van der Waals surface area contributed by atoms with Gasteiger partial charge in [-0.25, -0.2) is 0 Å². The fraction of sp³-hybridized carbons (Fsp3) is 0.263. The van der Waals surface area contributed by atoms with Crippen LogP contribution >= 0.6 is 0 Å². The Morgan fingerprint density at radius 2 is 1.44 bits per heavy atom. The minimum Gasteiger partial charge on any atom is -0.362 e. The summed E-state index contributed by atoms with van der Waals surface area (Å²) in [6.07, 6.45) is 1.71. The Bertz CT molecular complexity index is 757. The van der Waals surface area contributed by atoms with Gasteiger partial charge in [0.1, 0.15) is 0 Å². The first kappa shape index (κ1) is 15.7. The molecule has 0 aliphatic carbocycles. The van der Waals surface area contributed by atoms with Crippen LogP contribution in [0.5, 0.6) is 0 Å². The topological polar surface area (TPSA) is 62.4 Å². The average molecular weight is 336 g/mol. The minimum atomic E-state index is 0.261. The van der Waals surface area contributed by atoms with Gasteiger partial charge in [0.2, 0.25) is 5.27 Å². The van der Waals surface area contributed by atoms with E-state index in [0.717, 1.165) is 26.2 Å². The van der Waals surface area contributed by atoms with Crippen molar-refractivity contribution in [2.75, 3.05) is 36.9 Å². The molecular formula is C19H22N5O+. The van der Waals surface area contributed by atoms with Crippen molar-refractivity contribution in [1.82, 2.24) is 10.2 Å². The van der Waals surface area contributed by atoms with E-state index in [-0.39, 0.29) is 6.04 Å². The van der Waals surface area contributed by atoms with Crippen molar-refractivity contribution < 1.29 is 9.31 Å². The average Bonchev–Trinajstić information content (AvgIpc) is 3.11. The third-order valence-corrected chi connectivity index (χ3v) is 4.65. The lowest BCUT2D eigenvalue weighted by atomic mass is 9.96. The molecule has 0 unspecified atom stereocenters. The van der Waals surface area contributed by atoms with E-state index in [1.165, 1.54) is 11.1 Å². The smallest absolute Gasteiger partial charge is 0.296 e. The van der Waals surface area contributed by atoms with E-state index in [1.54, 1.807) is 11.0 Å². The second-order valence-electron chi connectivity index (χ2n) is 6.24. The van der Waals surface area contributed by atoms with Crippen molar-refractivity contribution in [3.8, 4) is 0 Å². The van der Waals surface area contributed by atoms with Gasteiger partial charge in [-0.15, -0.1) is 0 Å². The zero-order valence-electron chi connectivity index (χ0n) is 14.0. The molecule has 0 bridgehead atoms. The molecule has 0 spiro atoms. The number of piperazine rings is 1. The SMILES string of the molecule is Nc1c[n+](N2CCN(C(c3ccccc3)c3ccccc3)CC2)no1. The maximum Gasteiger partial charge on any atom is 0.296 e. The van der Waals surface area contributed by atoms with Crippen molar-refractivity contribution in [3.05, 3.63) is 78.0 Å². The number of hydrogen-bond donors (Lipinski definition) is 1. The van der Waals surface area contributed by atoms with Crippen LogP contribution in [0.1, 0.15) is 17.2 Å². The van der Waals surface area contributed by atoms with Crippen molar-refractivity contribution in [2.45, 2.75) is 6.04 Å². The molecule has 2 N–H and O–H groups in total. The molecule has 1 saturated heterocycles. The van der Waals surface area contributed by atoms with E-state index in [1.807, 2.05) is 0 Å². The van der Waals surface area contributed by atoms with Gasteiger partial charge in [-0.05, 0) is 11.1 Å². The quantitative estimate of drug-likeness (QED) is 0.733. The molecule has 25 heavy (non-hydrogen) atoms. The predicted molar refractivity (Wildman–Crippen MR) is 95.4 cm³/mol. The van der Waals surface area contributed by atoms with Gasteiger partial charge in [-0.1, -0.05) is 60.7 Å². The van der Waals surface area contributed by atoms with Gasteiger partial charge in [0, 0.05) is 13.1 Å². The van der Waals surface area contributed by atoms with E-state index >= 15 is 0 Å². The van der Waals surface area contributed by atoms with Crippen LogP contribution in [-0.4, -0.2) is 36.4 Å². The molecule has 1 fully saturated rings. The minimum absolute atomic E-state index is 0.261. The first-order valence-electron chi connectivity index (χ1n) is 8.54. The molecule has 0 saturated carbocycles. The number of hydrogen-bond acceptors (Lipinski definition) is 5. The van der Waals surface area contributed by atoms with Crippen molar-refractivity contribution in [1.29, 1.82) is 0 Å². The molecule has 4 rings (SSSR count). The standard InChI is InChI=1S/C19H22N5O/c20-18-15-24(21-25-18)23-13-11-22(12-14-23)19(16-7-3-1-4-8-16)17-9-5-2-6-10-17/h1-10,15,19H,11-14,20H2/q+1. The van der Waals surface area contributed by atoms with Crippen molar-refractivity contribution in [3.63, 3.8) is 0 Å². The van der Waals surface area contributed by atoms with Crippen LogP contribution in [-0.2, 0) is 0 Å². The highest BCUT2D eigenvalue weighted by Crippen LogP contribution is 2.28. The van der Waals surface area contributed by atoms with Crippen LogP contribution < -0.4 is 15.5 Å². The van der Waals surface area contributed by atoms with Gasteiger partial charge in [-0.3, -0.25) is 9.42 Å². The summed E-state index contributed by atoms with van der Waals surface area (Å²) in [6.45, 7) is 3.61. The Morgan fingerprint density at radius 1 is 0.880 bits per heavy atom. The first-order valence-corrected chi connectivity index (χ1v) is 8.54. The van der Waals surface area contributed by atoms with Gasteiger partial charge in [-0.2, -0.15) is 5.01 Å². The highest BCUT2D eigenvalue weighted by atomic mass is 16.5. The van der Waals surface area contributed by atoms with Crippen molar-refractivity contribution in [2.24, 2.45) is 0 Å². The predicted octanol–water partition coefficient (Wildman–Crippen LogP) is 1.59. The van der Waals surface area contributed by atoms with Gasteiger partial charge in [0.05, 0.1) is 23.9 Å². The second kappa shape index (κ2) is 6.94. The molecule has 1 aliphatic heterocycles. The lowest BCUT2D eigenvalue weighted by molar-refractivity contribution is -0.759. The lowest BCUT2D eigenvalue weighted by Crippen LogP contribution is -2.65. The van der Waals surface area contributed by atoms with Gasteiger partial charge in [0.25, 0.3) is 12.1 Å². The maximum absolute atomic E-state index is 5.63. The van der Waals surface area contributed by atoms with E-state index in [2.05, 4.69) is 75.8 Å². The highest BCUT2D eigenvalue weighted by molar-refractivity contribution is 5.32. The van der Waals surface area contributed by atoms with Crippen LogP contribution in [0.4, 0.5) is 5.88 Å². The number of aromatic nitrogens is 2. The summed E-state index contributed by atoms with van der Waals surface area (Å²) in [5.41, 5.74) is 8.27. The summed E-state index contributed by atoms with van der Waals surface area (Å²) in [5.74, 6) is 0.328. The van der Waals surface area contributed by atoms with E-state index in [0.29, 0.717) is 5.88 Å². The Morgan fingerprint density at radius 3 is 1.92 bits per heavy atom. The molecule has 6 heteroatoms. The summed E-state index contributed by atoms with van der Waals surface area (Å²) in [4.78, 5) is 4.22. The number of benzene rings is 2. The number of rotatable bonds is 4. The molecule has 0 atom stereocenters. The zero-order chi connectivity index (χ0) is 17.1. The fourth-order valence-electron chi connectivity index (χ4n) is 3.44. The molecule has 0 amide bonds. The third kappa shape index (κ3) is 3.34. The Balaban J connectivity index is 1.55. The van der Waals surface area contributed by atoms with Crippen LogP contribution in [0.3, 0.4) is 0 Å². The number of anilines is 1. The molecule has 0 radical (unpaired) electrons. The summed E-state index contributed by atoms with van der Waals surface area (Å²) >= 11 is 0. The Kier molecular flexibility index (Phi) is 4.35. The zero-order valence-corrected chi connectivity index (χ0v) is 14.0. The molecule has 2 aromatic carbocycles. The molecule has 6 nitrogen and oxygen atoms in total. The van der Waals surface area contributed by atoms with Gasteiger partial charge in [0.15, 0.2) is 0 Å². The fourth-order valence-corrected chi connectivity index (χ4v) is 3.44. The second-order valence-corrected chi connectivity index (χ2v) is 6.24. The summed E-state index contributed by atoms with van der Waals surface area (Å²) < 4.78 is 4.97. The molecular weight excluding hydrogens is 314 g/mol. The molecule has 128 valence electrons. The summed E-state index contributed by atoms with van der Waals surface area (Å²) in [6, 6.07) is 21.6. The normalized spacial score (nSPS) is 15.6. The monoisotopic (exact) mass is 336 g/mol. The van der Waals surface area contributed by atoms with Crippen LogP contribution in [0.25, 0.3) is 0 Å². The van der Waals surface area contributed by atoms with Crippen molar-refractivity contribution >= 4 is 5.88 Å². The number of nitrogens with two attached hydrogens (primary N) is 1. The lowest BCUT2D eigenvalue weighted by Gasteiger charge is -2.36. The summed E-state index contributed by atoms with van der Waals surface area (Å²) in [7, 11) is 0. The van der Waals surface area contributed by atoms with E-state index in [4.69, 9.17) is 10.3 Å². The van der Waals surface area contributed by atoms with Gasteiger partial charge >= 0.3 is 0 Å². The third-order valence-electron chi connectivity index (χ3n) is 4.65. The molecule has 1 aliphatic rings. The first-order chi connectivity index (χ1) is 12.3. The molecule has 2 heterocycles. The van der Waals surface area contributed by atoms with E-state index < -0.39 is 0 Å². The number of nitrogens with zero attached hydrogens (tertiary/aromatic N) is 4. The van der Waals surface area contributed by atoms with Gasteiger partial charge < -0.3 is 5.73 Å². The Labute approximate surface area is 147 Å². The van der Waals surface area contributed by atoms with Crippen LogP contribution in [0.2, 0.25) is 0 Å². The summed E-state index contributed by atoms with van der Waals surface area (Å²) in [5, 5.41) is 6.09. The van der Waals surface area contributed by atoms with Crippen LogP contribution in [0.15, 0.2) is 71.4 Å². The Hall–Kier alpha value is -2.86. The molecule has 1 aromatic heterocycles. The van der Waals surface area contributed by atoms with Crippen LogP contribution in [0, 0.1) is 0 Å².